The van der Waals surface area contributed by atoms with Crippen LogP contribution in [-0.4, -0.2) is 30.1 Å². The van der Waals surface area contributed by atoms with E-state index < -0.39 is 6.10 Å². The van der Waals surface area contributed by atoms with Gasteiger partial charge in [0.15, 0.2) is 6.10 Å². The number of ether oxygens (including phenoxy) is 2. The van der Waals surface area contributed by atoms with Crippen LogP contribution in [0.15, 0.2) is 72.8 Å². The molecule has 7 nitrogen and oxygen atoms in total. The summed E-state index contributed by atoms with van der Waals surface area (Å²) >= 11 is 0. The highest BCUT2D eigenvalue weighted by Gasteiger charge is 2.34. The van der Waals surface area contributed by atoms with Gasteiger partial charge in [-0.05, 0) is 48.7 Å². The predicted molar refractivity (Wildman–Crippen MR) is 137 cm³/mol. The number of hydrogen-bond acceptors (Lipinski definition) is 4. The van der Waals surface area contributed by atoms with Crippen LogP contribution >= 0.6 is 0 Å². The topological polar surface area (TPSA) is 79.9 Å². The van der Waals surface area contributed by atoms with Gasteiger partial charge >= 0.3 is 6.03 Å². The van der Waals surface area contributed by atoms with Crippen LogP contribution < -0.4 is 20.1 Å². The Bertz CT molecular complexity index is 1180. The van der Waals surface area contributed by atoms with Gasteiger partial charge in [-0.15, -0.1) is 0 Å². The average molecular weight is 474 g/mol. The van der Waals surface area contributed by atoms with Crippen LogP contribution in [0.2, 0.25) is 0 Å². The smallest absolute Gasteiger partial charge is 0.323 e. The van der Waals surface area contributed by atoms with Gasteiger partial charge < -0.3 is 25.0 Å². The lowest BCUT2D eigenvalue weighted by atomic mass is 10.0. The molecule has 35 heavy (non-hydrogen) atoms. The van der Waals surface area contributed by atoms with Gasteiger partial charge in [-0.3, -0.25) is 4.79 Å². The number of urea groups is 1. The number of benzene rings is 3. The number of hydrogen-bond donors (Lipinski definition) is 2. The normalized spacial score (nSPS) is 15.9. The largest absolute Gasteiger partial charge is 0.497 e. The molecule has 4 rings (SSSR count). The van der Waals surface area contributed by atoms with E-state index in [1.165, 1.54) is 0 Å². The van der Waals surface area contributed by atoms with Crippen LogP contribution in [0.5, 0.6) is 11.5 Å². The Morgan fingerprint density at radius 1 is 1.03 bits per heavy atom. The number of carbonyl (C=O) groups excluding carboxylic acids is 2. The monoisotopic (exact) mass is 473 g/mol. The van der Waals surface area contributed by atoms with Gasteiger partial charge in [0.1, 0.15) is 11.5 Å². The number of nitrogens with one attached hydrogen (secondary N) is 2. The van der Waals surface area contributed by atoms with Crippen LogP contribution in [0.1, 0.15) is 43.9 Å². The van der Waals surface area contributed by atoms with Crippen molar-refractivity contribution in [3.8, 4) is 11.5 Å². The van der Waals surface area contributed by atoms with Crippen LogP contribution in [0.3, 0.4) is 0 Å². The summed E-state index contributed by atoms with van der Waals surface area (Å²) in [6.45, 7) is 4.43. The van der Waals surface area contributed by atoms with E-state index in [9.17, 15) is 9.59 Å². The second-order valence-corrected chi connectivity index (χ2v) is 8.45. The maximum absolute atomic E-state index is 13.4. The van der Waals surface area contributed by atoms with Crippen LogP contribution in [0, 0.1) is 0 Å². The molecule has 0 aliphatic carbocycles. The van der Waals surface area contributed by atoms with Crippen molar-refractivity contribution in [1.82, 2.24) is 4.90 Å². The SMILES string of the molecule is CCC1Oc2ccc(NC(=O)Nc3cccc(OC)c3)cc2CN(C(CC)c2ccccc2)C1=O. The molecule has 1 aliphatic rings. The third-order valence-electron chi connectivity index (χ3n) is 6.13. The second-order valence-electron chi connectivity index (χ2n) is 8.45. The van der Waals surface area contributed by atoms with E-state index in [0.29, 0.717) is 35.8 Å². The maximum atomic E-state index is 13.4. The summed E-state index contributed by atoms with van der Waals surface area (Å²) in [6, 6.07) is 22.2. The fourth-order valence-corrected chi connectivity index (χ4v) is 4.37. The minimum Gasteiger partial charge on any atom is -0.497 e. The van der Waals surface area contributed by atoms with Gasteiger partial charge in [0.2, 0.25) is 0 Å². The molecule has 0 bridgehead atoms. The molecule has 182 valence electrons. The highest BCUT2D eigenvalue weighted by atomic mass is 16.5. The Kier molecular flexibility index (Phi) is 7.55. The first-order chi connectivity index (χ1) is 17.0. The first-order valence-corrected chi connectivity index (χ1v) is 11.9. The van der Waals surface area contributed by atoms with Crippen molar-refractivity contribution in [2.45, 2.75) is 45.4 Å². The Hall–Kier alpha value is -4.00. The van der Waals surface area contributed by atoms with Crippen molar-refractivity contribution in [3.05, 3.63) is 83.9 Å². The van der Waals surface area contributed by atoms with Gasteiger partial charge in [-0.25, -0.2) is 4.79 Å². The third kappa shape index (κ3) is 5.57. The number of methoxy groups -OCH3 is 1. The van der Waals surface area contributed by atoms with Crippen molar-refractivity contribution in [3.63, 3.8) is 0 Å². The van der Waals surface area contributed by atoms with Crippen LogP contribution in [-0.2, 0) is 11.3 Å². The molecule has 0 saturated heterocycles. The van der Waals surface area contributed by atoms with Crippen molar-refractivity contribution < 1.29 is 19.1 Å². The van der Waals surface area contributed by atoms with Crippen molar-refractivity contribution >= 4 is 23.3 Å². The molecule has 3 aromatic carbocycles. The van der Waals surface area contributed by atoms with E-state index in [0.717, 1.165) is 17.5 Å². The average Bonchev–Trinajstić information content (AvgIpc) is 3.01. The summed E-state index contributed by atoms with van der Waals surface area (Å²) in [7, 11) is 1.58. The molecule has 0 radical (unpaired) electrons. The van der Waals surface area contributed by atoms with E-state index >= 15 is 0 Å². The zero-order valence-corrected chi connectivity index (χ0v) is 20.3. The van der Waals surface area contributed by atoms with Crippen molar-refractivity contribution in [1.29, 1.82) is 0 Å². The lowest BCUT2D eigenvalue weighted by Gasteiger charge is -2.32. The lowest BCUT2D eigenvalue weighted by Crippen LogP contribution is -2.41. The fraction of sp³-hybridized carbons (Fsp3) is 0.286. The van der Waals surface area contributed by atoms with Crippen LogP contribution in [0.25, 0.3) is 0 Å². The molecule has 0 aromatic heterocycles. The molecule has 2 N–H and O–H groups in total. The van der Waals surface area contributed by atoms with Crippen molar-refractivity contribution in [2.75, 3.05) is 17.7 Å². The second kappa shape index (κ2) is 11.0. The fourth-order valence-electron chi connectivity index (χ4n) is 4.37. The summed E-state index contributed by atoms with van der Waals surface area (Å²) in [6.07, 6.45) is 0.801. The van der Waals surface area contributed by atoms with Gasteiger partial charge in [0.05, 0.1) is 19.7 Å². The number of carbonyl (C=O) groups is 2. The van der Waals surface area contributed by atoms with Gasteiger partial charge in [-0.1, -0.05) is 50.2 Å². The Balaban J connectivity index is 1.57. The van der Waals surface area contributed by atoms with Crippen molar-refractivity contribution in [2.24, 2.45) is 0 Å². The van der Waals surface area contributed by atoms with E-state index in [2.05, 4.69) is 29.7 Å². The van der Waals surface area contributed by atoms with E-state index in [-0.39, 0.29) is 18.0 Å². The summed E-state index contributed by atoms with van der Waals surface area (Å²) in [4.78, 5) is 28.0. The summed E-state index contributed by atoms with van der Waals surface area (Å²) in [5.41, 5.74) is 3.18. The van der Waals surface area contributed by atoms with Gasteiger partial charge in [0.25, 0.3) is 5.91 Å². The lowest BCUT2D eigenvalue weighted by molar-refractivity contribution is -0.141. The Morgan fingerprint density at radius 2 is 1.77 bits per heavy atom. The standard InChI is InChI=1S/C28H31N3O4/c1-4-24(19-10-7-6-8-11-19)31-18-20-16-22(14-15-26(20)35-25(5-2)27(31)32)30-28(33)29-21-12-9-13-23(17-21)34-3/h6-17,24-25H,4-5,18H2,1-3H3,(H2,29,30,33). The molecule has 3 amide bonds. The molecule has 3 aromatic rings. The molecule has 7 heteroatoms. The molecule has 0 saturated carbocycles. The number of anilines is 2. The Labute approximate surface area is 206 Å². The van der Waals surface area contributed by atoms with Gasteiger partial charge in [-0.2, -0.15) is 0 Å². The first kappa shape index (κ1) is 24.1. The quantitative estimate of drug-likeness (QED) is 0.442. The number of fused-ring (bicyclic) bond motifs is 1. The molecular formula is C28H31N3O4. The highest BCUT2D eigenvalue weighted by Crippen LogP contribution is 2.35. The van der Waals surface area contributed by atoms with Gasteiger partial charge in [0, 0.05) is 23.0 Å². The van der Waals surface area contributed by atoms with E-state index in [4.69, 9.17) is 9.47 Å². The number of rotatable bonds is 7. The maximum Gasteiger partial charge on any atom is 0.323 e. The zero-order valence-electron chi connectivity index (χ0n) is 20.3. The zero-order chi connectivity index (χ0) is 24.8. The summed E-state index contributed by atoms with van der Waals surface area (Å²) < 4.78 is 11.3. The number of amides is 3. The van der Waals surface area contributed by atoms with Crippen LogP contribution in [0.4, 0.5) is 16.2 Å². The van der Waals surface area contributed by atoms with E-state index in [1.807, 2.05) is 48.2 Å². The molecular weight excluding hydrogens is 442 g/mol. The Morgan fingerprint density at radius 3 is 2.46 bits per heavy atom. The first-order valence-electron chi connectivity index (χ1n) is 11.9. The van der Waals surface area contributed by atoms with E-state index in [1.54, 1.807) is 31.4 Å². The highest BCUT2D eigenvalue weighted by molar-refractivity contribution is 6.00. The number of nitrogens with zero attached hydrogens (tertiary/aromatic N) is 1. The molecule has 0 fully saturated rings. The minimum absolute atomic E-state index is 0.0234. The molecule has 1 aliphatic heterocycles. The summed E-state index contributed by atoms with van der Waals surface area (Å²) in [5, 5.41) is 5.69. The molecule has 2 atom stereocenters. The molecule has 2 unspecified atom stereocenters. The molecule has 1 heterocycles. The summed E-state index contributed by atoms with van der Waals surface area (Å²) in [5.74, 6) is 1.29. The molecule has 0 spiro atoms. The third-order valence-corrected chi connectivity index (χ3v) is 6.13. The predicted octanol–water partition coefficient (Wildman–Crippen LogP) is 5.99. The minimum atomic E-state index is -0.552.